The Hall–Kier alpha value is -1.18. The van der Waals surface area contributed by atoms with E-state index in [0.717, 1.165) is 19.5 Å². The molecular weight excluding hydrogens is 330 g/mol. The molecular formula is C16H26ClN5O2. The van der Waals surface area contributed by atoms with Gasteiger partial charge in [-0.1, -0.05) is 0 Å². The van der Waals surface area contributed by atoms with Crippen LogP contribution in [0.5, 0.6) is 0 Å². The third-order valence-corrected chi connectivity index (χ3v) is 5.20. The summed E-state index contributed by atoms with van der Waals surface area (Å²) in [4.78, 5) is 21.0. The van der Waals surface area contributed by atoms with Gasteiger partial charge in [0.25, 0.3) is 0 Å². The molecule has 2 aliphatic heterocycles. The number of amides is 1. The van der Waals surface area contributed by atoms with Crippen LogP contribution in [0, 0.1) is 11.8 Å². The SMILES string of the molecule is O=C(CCc1nc(Cl)n[nH]1)N1C[C@@H](CO)C[C@@H](CN2CCCC2)C1. The van der Waals surface area contributed by atoms with Gasteiger partial charge >= 0.3 is 0 Å². The number of hydrogen-bond acceptors (Lipinski definition) is 5. The van der Waals surface area contributed by atoms with Crippen molar-refractivity contribution in [2.45, 2.75) is 32.1 Å². The van der Waals surface area contributed by atoms with E-state index < -0.39 is 0 Å². The Morgan fingerprint density at radius 1 is 1.29 bits per heavy atom. The van der Waals surface area contributed by atoms with Crippen LogP contribution in [0.3, 0.4) is 0 Å². The first-order valence-corrected chi connectivity index (χ1v) is 9.19. The van der Waals surface area contributed by atoms with E-state index in [9.17, 15) is 9.90 Å². The fraction of sp³-hybridized carbons (Fsp3) is 0.812. The van der Waals surface area contributed by atoms with Crippen molar-refractivity contribution in [3.8, 4) is 0 Å². The van der Waals surface area contributed by atoms with Crippen LogP contribution in [0.25, 0.3) is 0 Å². The van der Waals surface area contributed by atoms with Crippen molar-refractivity contribution in [1.29, 1.82) is 0 Å². The van der Waals surface area contributed by atoms with E-state index >= 15 is 0 Å². The lowest BCUT2D eigenvalue weighted by Gasteiger charge is -2.38. The molecule has 2 saturated heterocycles. The van der Waals surface area contributed by atoms with Gasteiger partial charge in [0.15, 0.2) is 0 Å². The number of nitrogens with zero attached hydrogens (tertiary/aromatic N) is 4. The van der Waals surface area contributed by atoms with Crippen molar-refractivity contribution < 1.29 is 9.90 Å². The lowest BCUT2D eigenvalue weighted by Crippen LogP contribution is -2.47. The van der Waals surface area contributed by atoms with Crippen molar-refractivity contribution in [3.63, 3.8) is 0 Å². The molecule has 1 aromatic rings. The van der Waals surface area contributed by atoms with Crippen LogP contribution >= 0.6 is 11.6 Å². The van der Waals surface area contributed by atoms with Gasteiger partial charge in [-0.3, -0.25) is 9.89 Å². The minimum atomic E-state index is 0.118. The molecule has 0 bridgehead atoms. The number of H-pyrrole nitrogens is 1. The second kappa shape index (κ2) is 8.27. The Balaban J connectivity index is 1.52. The Morgan fingerprint density at radius 3 is 2.71 bits per heavy atom. The Labute approximate surface area is 147 Å². The normalized spacial score (nSPS) is 25.3. The quantitative estimate of drug-likeness (QED) is 0.793. The van der Waals surface area contributed by atoms with Crippen LogP contribution in [0.4, 0.5) is 0 Å². The molecule has 3 heterocycles. The van der Waals surface area contributed by atoms with E-state index in [-0.39, 0.29) is 23.7 Å². The van der Waals surface area contributed by atoms with E-state index in [4.69, 9.17) is 11.6 Å². The van der Waals surface area contributed by atoms with Gasteiger partial charge in [-0.15, -0.1) is 5.10 Å². The number of likely N-dealkylation sites (tertiary alicyclic amines) is 2. The monoisotopic (exact) mass is 355 g/mol. The van der Waals surface area contributed by atoms with Crippen LogP contribution in [0.2, 0.25) is 5.28 Å². The fourth-order valence-corrected chi connectivity index (χ4v) is 4.03. The first-order valence-electron chi connectivity index (χ1n) is 8.82. The first-order chi connectivity index (χ1) is 11.6. The topological polar surface area (TPSA) is 85.3 Å². The Morgan fingerprint density at radius 2 is 2.04 bits per heavy atom. The van der Waals surface area contributed by atoms with Crippen LogP contribution in [0.1, 0.15) is 31.5 Å². The summed E-state index contributed by atoms with van der Waals surface area (Å²) in [5.41, 5.74) is 0. The van der Waals surface area contributed by atoms with Crippen molar-refractivity contribution in [1.82, 2.24) is 25.0 Å². The predicted octanol–water partition coefficient (Wildman–Crippen LogP) is 0.943. The molecule has 0 unspecified atom stereocenters. The highest BCUT2D eigenvalue weighted by atomic mass is 35.5. The van der Waals surface area contributed by atoms with Gasteiger partial charge in [0.05, 0.1) is 0 Å². The number of rotatable bonds is 6. The number of aromatic amines is 1. The molecule has 3 rings (SSSR count). The van der Waals surface area contributed by atoms with Gasteiger partial charge in [0.2, 0.25) is 11.2 Å². The second-order valence-corrected chi connectivity index (χ2v) is 7.35. The molecule has 0 saturated carbocycles. The molecule has 2 atom stereocenters. The molecule has 7 nitrogen and oxygen atoms in total. The molecule has 2 N–H and O–H groups in total. The minimum Gasteiger partial charge on any atom is -0.396 e. The number of nitrogens with one attached hydrogen (secondary N) is 1. The number of aromatic nitrogens is 3. The Kier molecular flexibility index (Phi) is 6.08. The summed E-state index contributed by atoms with van der Waals surface area (Å²) in [7, 11) is 0. The van der Waals surface area contributed by atoms with E-state index in [2.05, 4.69) is 20.1 Å². The van der Waals surface area contributed by atoms with Gasteiger partial charge in [-0.2, -0.15) is 0 Å². The van der Waals surface area contributed by atoms with E-state index in [1.54, 1.807) is 0 Å². The largest absolute Gasteiger partial charge is 0.396 e. The van der Waals surface area contributed by atoms with Gasteiger partial charge in [-0.25, -0.2) is 4.98 Å². The standard InChI is InChI=1S/C16H26ClN5O2/c17-16-18-14(19-20-16)3-4-15(24)22-9-12(7-13(10-22)11-23)8-21-5-1-2-6-21/h12-13,23H,1-11H2,(H,18,19,20)/t12-,13-/m0/s1. The number of piperidine rings is 1. The van der Waals surface area contributed by atoms with Crippen LogP contribution in [-0.2, 0) is 11.2 Å². The van der Waals surface area contributed by atoms with Crippen molar-refractivity contribution >= 4 is 17.5 Å². The van der Waals surface area contributed by atoms with Gasteiger partial charge < -0.3 is 14.9 Å². The summed E-state index contributed by atoms with van der Waals surface area (Å²) in [6.07, 6.45) is 4.46. The fourth-order valence-electron chi connectivity index (χ4n) is 3.88. The van der Waals surface area contributed by atoms with Crippen molar-refractivity contribution in [2.75, 3.05) is 39.3 Å². The molecule has 8 heteroatoms. The summed E-state index contributed by atoms with van der Waals surface area (Å²) in [5.74, 6) is 1.40. The summed E-state index contributed by atoms with van der Waals surface area (Å²) >= 11 is 5.68. The lowest BCUT2D eigenvalue weighted by atomic mass is 9.89. The maximum absolute atomic E-state index is 12.6. The molecule has 1 amide bonds. The maximum atomic E-state index is 12.6. The van der Waals surface area contributed by atoms with Crippen molar-refractivity contribution in [3.05, 3.63) is 11.1 Å². The average molecular weight is 356 g/mol. The third kappa shape index (κ3) is 4.68. The highest BCUT2D eigenvalue weighted by Gasteiger charge is 2.31. The number of carbonyl (C=O) groups excluding carboxylic acids is 1. The molecule has 134 valence electrons. The predicted molar refractivity (Wildman–Crippen MR) is 90.7 cm³/mol. The number of aliphatic hydroxyl groups is 1. The van der Waals surface area contributed by atoms with Gasteiger partial charge in [0.1, 0.15) is 5.82 Å². The molecule has 0 aliphatic carbocycles. The van der Waals surface area contributed by atoms with Gasteiger partial charge in [0, 0.05) is 39.1 Å². The third-order valence-electron chi connectivity index (χ3n) is 5.03. The lowest BCUT2D eigenvalue weighted by molar-refractivity contribution is -0.134. The number of halogens is 1. The van der Waals surface area contributed by atoms with Crippen LogP contribution in [0.15, 0.2) is 0 Å². The number of carbonyl (C=O) groups is 1. The first kappa shape index (κ1) is 17.6. The molecule has 0 radical (unpaired) electrons. The minimum absolute atomic E-state index is 0.118. The van der Waals surface area contributed by atoms with Crippen LogP contribution in [-0.4, -0.2) is 75.3 Å². The molecule has 1 aromatic heterocycles. The number of hydrogen-bond donors (Lipinski definition) is 2. The second-order valence-electron chi connectivity index (χ2n) is 7.01. The molecule has 2 fully saturated rings. The zero-order valence-electron chi connectivity index (χ0n) is 14.0. The molecule has 0 spiro atoms. The summed E-state index contributed by atoms with van der Waals surface area (Å²) in [6.45, 7) is 4.98. The van der Waals surface area contributed by atoms with E-state index in [1.165, 1.54) is 25.9 Å². The summed E-state index contributed by atoms with van der Waals surface area (Å²) in [6, 6.07) is 0. The van der Waals surface area contributed by atoms with Gasteiger partial charge in [-0.05, 0) is 55.8 Å². The highest BCUT2D eigenvalue weighted by Crippen LogP contribution is 2.24. The van der Waals surface area contributed by atoms with E-state index in [0.29, 0.717) is 31.1 Å². The number of aryl methyl sites for hydroxylation is 1. The average Bonchev–Trinajstić information content (AvgIpc) is 3.24. The summed E-state index contributed by atoms with van der Waals surface area (Å²) < 4.78 is 0. The summed E-state index contributed by atoms with van der Waals surface area (Å²) in [5, 5.41) is 16.3. The smallest absolute Gasteiger partial charge is 0.242 e. The van der Waals surface area contributed by atoms with Crippen LogP contribution < -0.4 is 0 Å². The zero-order chi connectivity index (χ0) is 16.9. The van der Waals surface area contributed by atoms with E-state index in [1.807, 2.05) is 4.90 Å². The molecule has 24 heavy (non-hydrogen) atoms. The maximum Gasteiger partial charge on any atom is 0.242 e. The molecule has 0 aromatic carbocycles. The van der Waals surface area contributed by atoms with Crippen molar-refractivity contribution in [2.24, 2.45) is 11.8 Å². The number of aliphatic hydroxyl groups excluding tert-OH is 1. The molecule has 2 aliphatic rings. The Bertz CT molecular complexity index is 546. The highest BCUT2D eigenvalue weighted by molar-refractivity contribution is 6.28. The zero-order valence-corrected chi connectivity index (χ0v) is 14.7.